The lowest BCUT2D eigenvalue weighted by Gasteiger charge is -2.35. The van der Waals surface area contributed by atoms with Gasteiger partial charge in [0.2, 0.25) is 0 Å². The Morgan fingerprint density at radius 3 is 2.63 bits per heavy atom. The Balaban J connectivity index is 2.05. The zero-order chi connectivity index (χ0) is 14.0. The minimum Gasteiger partial charge on any atom is -0.392 e. The maximum Gasteiger partial charge on any atom is 0.392 e. The van der Waals surface area contributed by atoms with Crippen LogP contribution in [0.4, 0.5) is 13.2 Å². The van der Waals surface area contributed by atoms with Crippen molar-refractivity contribution >= 4 is 0 Å². The molecule has 1 aromatic rings. The van der Waals surface area contributed by atoms with Gasteiger partial charge in [0, 0.05) is 6.42 Å². The van der Waals surface area contributed by atoms with Crippen molar-refractivity contribution in [3.63, 3.8) is 0 Å². The van der Waals surface area contributed by atoms with E-state index in [1.165, 1.54) is 4.80 Å². The predicted molar refractivity (Wildman–Crippen MR) is 60.0 cm³/mol. The molecule has 1 aliphatic rings. The van der Waals surface area contributed by atoms with Crippen molar-refractivity contribution in [3.8, 4) is 0 Å². The third kappa shape index (κ3) is 3.43. The number of halogens is 3. The summed E-state index contributed by atoms with van der Waals surface area (Å²) < 4.78 is 38.8. The van der Waals surface area contributed by atoms with E-state index in [1.54, 1.807) is 7.05 Å². The van der Waals surface area contributed by atoms with Crippen LogP contribution < -0.4 is 0 Å². The molecule has 0 saturated heterocycles. The third-order valence-corrected chi connectivity index (χ3v) is 3.68. The fraction of sp³-hybridized carbons (Fsp3) is 0.909. The third-order valence-electron chi connectivity index (χ3n) is 3.68. The first-order chi connectivity index (χ1) is 8.88. The molecule has 1 saturated carbocycles. The van der Waals surface area contributed by atoms with Crippen LogP contribution in [0.3, 0.4) is 0 Å². The van der Waals surface area contributed by atoms with E-state index >= 15 is 0 Å². The van der Waals surface area contributed by atoms with Gasteiger partial charge in [0.25, 0.3) is 0 Å². The number of hydrogen-bond donors (Lipinski definition) is 1. The number of aliphatic hydroxyl groups excluding tert-OH is 1. The second-order valence-electron chi connectivity index (χ2n) is 5.06. The number of alkyl halides is 3. The number of aliphatic hydroxyl groups is 1. The van der Waals surface area contributed by atoms with E-state index in [-0.39, 0.29) is 18.7 Å². The number of aryl methyl sites for hydroxylation is 1. The van der Waals surface area contributed by atoms with Gasteiger partial charge in [-0.25, -0.2) is 0 Å². The summed E-state index contributed by atoms with van der Waals surface area (Å²) >= 11 is 0. The molecule has 0 radical (unpaired) electrons. The van der Waals surface area contributed by atoms with E-state index in [0.717, 1.165) is 6.42 Å². The topological polar surface area (TPSA) is 63.8 Å². The molecule has 2 rings (SSSR count). The molecule has 108 valence electrons. The van der Waals surface area contributed by atoms with E-state index in [2.05, 4.69) is 15.4 Å². The molecule has 8 heteroatoms. The van der Waals surface area contributed by atoms with E-state index in [4.69, 9.17) is 0 Å². The predicted octanol–water partition coefficient (Wildman–Crippen LogP) is 1.48. The van der Waals surface area contributed by atoms with Crippen LogP contribution in [0.25, 0.3) is 0 Å². The molecular weight excluding hydrogens is 261 g/mol. The number of aromatic nitrogens is 4. The van der Waals surface area contributed by atoms with Gasteiger partial charge >= 0.3 is 6.18 Å². The normalized spacial score (nSPS) is 26.4. The molecule has 3 unspecified atom stereocenters. The van der Waals surface area contributed by atoms with Gasteiger partial charge < -0.3 is 5.11 Å². The maximum atomic E-state index is 12.9. The van der Waals surface area contributed by atoms with Crippen molar-refractivity contribution < 1.29 is 18.3 Å². The minimum absolute atomic E-state index is 0.0189. The van der Waals surface area contributed by atoms with Gasteiger partial charge in [-0.1, -0.05) is 12.8 Å². The van der Waals surface area contributed by atoms with Gasteiger partial charge in [0.1, 0.15) is 0 Å². The fourth-order valence-corrected chi connectivity index (χ4v) is 2.77. The SMILES string of the molecule is Cn1nnc(CC(O)C2CCCCC2C(F)(F)F)n1. The van der Waals surface area contributed by atoms with Gasteiger partial charge in [-0.3, -0.25) is 0 Å². The van der Waals surface area contributed by atoms with Gasteiger partial charge in [0.15, 0.2) is 5.82 Å². The zero-order valence-corrected chi connectivity index (χ0v) is 10.6. The van der Waals surface area contributed by atoms with Gasteiger partial charge in [-0.05, 0) is 24.0 Å². The van der Waals surface area contributed by atoms with Crippen LogP contribution in [-0.2, 0) is 13.5 Å². The first-order valence-electron chi connectivity index (χ1n) is 6.35. The molecule has 0 aliphatic heterocycles. The van der Waals surface area contributed by atoms with Crippen LogP contribution in [0, 0.1) is 11.8 Å². The highest BCUT2D eigenvalue weighted by molar-refractivity contribution is 4.90. The van der Waals surface area contributed by atoms with Crippen molar-refractivity contribution in [3.05, 3.63) is 5.82 Å². The van der Waals surface area contributed by atoms with Crippen LogP contribution in [0.5, 0.6) is 0 Å². The van der Waals surface area contributed by atoms with E-state index in [1.807, 2.05) is 0 Å². The average molecular weight is 278 g/mol. The summed E-state index contributed by atoms with van der Waals surface area (Å²) in [6.07, 6.45) is -3.52. The van der Waals surface area contributed by atoms with Gasteiger partial charge in [0.05, 0.1) is 19.1 Å². The molecular formula is C11H17F3N4O. The molecule has 5 nitrogen and oxygen atoms in total. The molecule has 1 N–H and O–H groups in total. The molecule has 0 aromatic carbocycles. The Kier molecular flexibility index (Phi) is 4.07. The number of hydrogen-bond acceptors (Lipinski definition) is 4. The lowest BCUT2D eigenvalue weighted by molar-refractivity contribution is -0.206. The summed E-state index contributed by atoms with van der Waals surface area (Å²) in [5.41, 5.74) is 0. The Morgan fingerprint density at radius 2 is 2.05 bits per heavy atom. The fourth-order valence-electron chi connectivity index (χ4n) is 2.77. The molecule has 3 atom stereocenters. The summed E-state index contributed by atoms with van der Waals surface area (Å²) in [5, 5.41) is 21.2. The molecule has 1 heterocycles. The smallest absolute Gasteiger partial charge is 0.392 e. The Labute approximate surface area is 108 Å². The zero-order valence-electron chi connectivity index (χ0n) is 10.6. The first kappa shape index (κ1) is 14.2. The standard InChI is InChI=1S/C11H17F3N4O/c1-18-16-10(15-17-18)6-9(19)7-4-2-3-5-8(7)11(12,13)14/h7-9,19H,2-6H2,1H3. The second-order valence-corrected chi connectivity index (χ2v) is 5.06. The molecule has 1 aliphatic carbocycles. The van der Waals surface area contributed by atoms with Crippen molar-refractivity contribution in [2.75, 3.05) is 0 Å². The van der Waals surface area contributed by atoms with Crippen molar-refractivity contribution in [2.24, 2.45) is 18.9 Å². The van der Waals surface area contributed by atoms with Gasteiger partial charge in [-0.2, -0.15) is 18.0 Å². The van der Waals surface area contributed by atoms with Crippen LogP contribution in [0.15, 0.2) is 0 Å². The monoisotopic (exact) mass is 278 g/mol. The van der Waals surface area contributed by atoms with Crippen molar-refractivity contribution in [2.45, 2.75) is 44.4 Å². The average Bonchev–Trinajstić information content (AvgIpc) is 2.73. The quantitative estimate of drug-likeness (QED) is 0.909. The lowest BCUT2D eigenvalue weighted by Crippen LogP contribution is -2.40. The number of nitrogens with zero attached hydrogens (tertiary/aromatic N) is 4. The lowest BCUT2D eigenvalue weighted by atomic mass is 9.75. The van der Waals surface area contributed by atoms with Crippen molar-refractivity contribution in [1.82, 2.24) is 20.2 Å². The molecule has 1 fully saturated rings. The minimum atomic E-state index is -4.25. The number of tetrazole rings is 1. The van der Waals surface area contributed by atoms with E-state index in [0.29, 0.717) is 12.8 Å². The second kappa shape index (κ2) is 5.44. The molecule has 0 bridgehead atoms. The largest absolute Gasteiger partial charge is 0.392 e. The molecule has 19 heavy (non-hydrogen) atoms. The Hall–Kier alpha value is -1.18. The van der Waals surface area contributed by atoms with E-state index < -0.39 is 24.1 Å². The van der Waals surface area contributed by atoms with E-state index in [9.17, 15) is 18.3 Å². The van der Waals surface area contributed by atoms with Crippen LogP contribution in [-0.4, -0.2) is 37.6 Å². The van der Waals surface area contributed by atoms with Crippen LogP contribution >= 0.6 is 0 Å². The summed E-state index contributed by atoms with van der Waals surface area (Å²) in [5.74, 6) is -1.91. The summed E-state index contributed by atoms with van der Waals surface area (Å²) in [4.78, 5) is 1.23. The molecule has 0 spiro atoms. The Bertz CT molecular complexity index is 420. The summed E-state index contributed by atoms with van der Waals surface area (Å²) in [6, 6.07) is 0. The first-order valence-corrected chi connectivity index (χ1v) is 6.35. The highest BCUT2D eigenvalue weighted by Crippen LogP contribution is 2.43. The highest BCUT2D eigenvalue weighted by atomic mass is 19.4. The van der Waals surface area contributed by atoms with Crippen LogP contribution in [0.2, 0.25) is 0 Å². The number of rotatable bonds is 3. The Morgan fingerprint density at radius 1 is 1.37 bits per heavy atom. The highest BCUT2D eigenvalue weighted by Gasteiger charge is 2.47. The maximum absolute atomic E-state index is 12.9. The summed E-state index contributed by atoms with van der Waals surface area (Å²) in [6.45, 7) is 0. The summed E-state index contributed by atoms with van der Waals surface area (Å²) in [7, 11) is 1.57. The van der Waals surface area contributed by atoms with Gasteiger partial charge in [-0.15, -0.1) is 10.2 Å². The van der Waals surface area contributed by atoms with Crippen LogP contribution in [0.1, 0.15) is 31.5 Å². The van der Waals surface area contributed by atoms with Crippen molar-refractivity contribution in [1.29, 1.82) is 0 Å². The molecule has 1 aromatic heterocycles. The molecule has 0 amide bonds.